The van der Waals surface area contributed by atoms with Crippen molar-refractivity contribution in [2.45, 2.75) is 98.8 Å². The molecule has 5 nitrogen and oxygen atoms in total. The van der Waals surface area contributed by atoms with Crippen molar-refractivity contribution >= 4 is 11.6 Å². The zero-order valence-corrected chi connectivity index (χ0v) is 29.4. The van der Waals surface area contributed by atoms with E-state index in [9.17, 15) is 9.18 Å². The van der Waals surface area contributed by atoms with Gasteiger partial charge in [0.1, 0.15) is 23.8 Å². The van der Waals surface area contributed by atoms with E-state index in [1.165, 1.54) is 19.4 Å². The Hall–Kier alpha value is -3.61. The molecule has 0 spiro atoms. The van der Waals surface area contributed by atoms with Gasteiger partial charge in [-0.2, -0.15) is 0 Å². The molecule has 3 rings (SSSR count). The smallest absolute Gasteiger partial charge is 0.248 e. The number of nitrogens with one attached hydrogen (secondary N) is 1. The van der Waals surface area contributed by atoms with Crippen LogP contribution >= 0.6 is 0 Å². The van der Waals surface area contributed by atoms with Crippen molar-refractivity contribution in [3.05, 3.63) is 94.5 Å². The molecule has 252 valence electrons. The monoisotopic (exact) mass is 635 g/mol. The number of halogens is 2. The van der Waals surface area contributed by atoms with Gasteiger partial charge in [0.25, 0.3) is 0 Å². The van der Waals surface area contributed by atoms with Crippen LogP contribution in [0.15, 0.2) is 77.5 Å². The number of hydrogen-bond donors (Lipinski definition) is 1. The molecule has 0 saturated carbocycles. The third-order valence-corrected chi connectivity index (χ3v) is 9.10. The number of allylic oxidation sites excluding steroid dienone is 4. The minimum Gasteiger partial charge on any atom is -0.490 e. The van der Waals surface area contributed by atoms with Crippen LogP contribution in [0.3, 0.4) is 0 Å². The van der Waals surface area contributed by atoms with Gasteiger partial charge in [-0.3, -0.25) is 4.79 Å². The number of nitrogens with zero attached hydrogens (tertiary/aromatic N) is 2. The lowest BCUT2D eigenvalue weighted by atomic mass is 9.88. The second-order valence-electron chi connectivity index (χ2n) is 13.5. The van der Waals surface area contributed by atoms with Crippen LogP contribution in [0.5, 0.6) is 5.75 Å². The Kier molecular flexibility index (Phi) is 13.5. The van der Waals surface area contributed by atoms with Gasteiger partial charge in [-0.25, -0.2) is 8.78 Å². The van der Waals surface area contributed by atoms with Crippen molar-refractivity contribution in [1.82, 2.24) is 10.2 Å². The fourth-order valence-corrected chi connectivity index (χ4v) is 5.52. The molecule has 2 unspecified atom stereocenters. The van der Waals surface area contributed by atoms with Crippen LogP contribution < -0.4 is 15.0 Å². The van der Waals surface area contributed by atoms with Crippen molar-refractivity contribution in [2.75, 3.05) is 31.6 Å². The number of benzene rings is 2. The quantitative estimate of drug-likeness (QED) is 0.166. The second-order valence-corrected chi connectivity index (χ2v) is 13.5. The Balaban J connectivity index is 1.52. The summed E-state index contributed by atoms with van der Waals surface area (Å²) < 4.78 is 34.6. The minimum absolute atomic E-state index is 0.0107. The van der Waals surface area contributed by atoms with Crippen LogP contribution in [0.2, 0.25) is 0 Å². The highest BCUT2D eigenvalue weighted by Gasteiger charge is 2.24. The predicted octanol–water partition coefficient (Wildman–Crippen LogP) is 9.12. The summed E-state index contributed by atoms with van der Waals surface area (Å²) in [5.41, 5.74) is 3.92. The maximum atomic E-state index is 15.3. The van der Waals surface area contributed by atoms with Gasteiger partial charge < -0.3 is 19.9 Å². The first-order valence-electron chi connectivity index (χ1n) is 16.7. The molecule has 1 N–H and O–H groups in total. The molecule has 2 aromatic carbocycles. The maximum Gasteiger partial charge on any atom is 0.248 e. The van der Waals surface area contributed by atoms with Gasteiger partial charge in [0.05, 0.1) is 0 Å². The number of carbonyl (C=O) groups is 1. The lowest BCUT2D eigenvalue weighted by molar-refractivity contribution is -0.117. The Morgan fingerprint density at radius 1 is 1.11 bits per heavy atom. The lowest BCUT2D eigenvalue weighted by Gasteiger charge is -2.34. The van der Waals surface area contributed by atoms with Gasteiger partial charge in [-0.05, 0) is 108 Å². The van der Waals surface area contributed by atoms with Crippen LogP contribution in [-0.4, -0.2) is 49.3 Å². The minimum atomic E-state index is -1.38. The fraction of sp³-hybridized carbons (Fsp3) is 0.513. The SMILES string of the molecule is CCC(C)/C=C\C(C)=C/C(C)N(C)/C(C)=C(\C)C(=O)NCc1ccc(C2CCN(c3ccc(OCC(C)(C)F)cc3)CC2)c(F)c1. The number of amides is 1. The van der Waals surface area contributed by atoms with E-state index >= 15 is 4.39 Å². The van der Waals surface area contributed by atoms with Crippen LogP contribution in [0.25, 0.3) is 0 Å². The molecule has 46 heavy (non-hydrogen) atoms. The Morgan fingerprint density at radius 2 is 1.76 bits per heavy atom. The summed E-state index contributed by atoms with van der Waals surface area (Å²) in [7, 11) is 2.00. The highest BCUT2D eigenvalue weighted by molar-refractivity contribution is 5.93. The first kappa shape index (κ1) is 36.9. The van der Waals surface area contributed by atoms with Gasteiger partial charge in [0.15, 0.2) is 0 Å². The van der Waals surface area contributed by atoms with E-state index in [2.05, 4.69) is 61.0 Å². The molecule has 7 heteroatoms. The average Bonchev–Trinajstić information content (AvgIpc) is 3.04. The molecule has 1 fully saturated rings. The Bertz CT molecular complexity index is 1380. The van der Waals surface area contributed by atoms with Gasteiger partial charge in [0.2, 0.25) is 5.91 Å². The number of alkyl halides is 1. The van der Waals surface area contributed by atoms with Crippen molar-refractivity contribution < 1.29 is 18.3 Å². The molecule has 2 atom stereocenters. The number of rotatable bonds is 14. The number of piperidine rings is 1. The van der Waals surface area contributed by atoms with E-state index in [0.29, 0.717) is 17.2 Å². The normalized spacial score (nSPS) is 16.7. The van der Waals surface area contributed by atoms with Crippen LogP contribution in [0, 0.1) is 11.7 Å². The Morgan fingerprint density at radius 3 is 2.35 bits per heavy atom. The molecule has 0 aliphatic carbocycles. The van der Waals surface area contributed by atoms with Crippen LogP contribution in [0.1, 0.15) is 91.7 Å². The summed E-state index contributed by atoms with van der Waals surface area (Å²) >= 11 is 0. The van der Waals surface area contributed by atoms with Crippen LogP contribution in [-0.2, 0) is 11.3 Å². The maximum absolute atomic E-state index is 15.3. The van der Waals surface area contributed by atoms with E-state index in [1.54, 1.807) is 6.07 Å². The molecule has 1 aliphatic rings. The molecule has 0 bridgehead atoms. The summed E-state index contributed by atoms with van der Waals surface area (Å²) in [5, 5.41) is 2.97. The topological polar surface area (TPSA) is 44.8 Å². The summed E-state index contributed by atoms with van der Waals surface area (Å²) in [6.45, 7) is 17.3. The fourth-order valence-electron chi connectivity index (χ4n) is 5.52. The highest BCUT2D eigenvalue weighted by atomic mass is 19.1. The summed E-state index contributed by atoms with van der Waals surface area (Å²) in [5.74, 6) is 0.963. The lowest BCUT2D eigenvalue weighted by Crippen LogP contribution is -2.33. The van der Waals surface area contributed by atoms with Crippen LogP contribution in [0.4, 0.5) is 14.5 Å². The summed E-state index contributed by atoms with van der Waals surface area (Å²) in [6, 6.07) is 13.2. The first-order valence-corrected chi connectivity index (χ1v) is 16.7. The van der Waals surface area contributed by atoms with E-state index < -0.39 is 5.67 Å². The van der Waals surface area contributed by atoms with Crippen molar-refractivity contribution in [3.63, 3.8) is 0 Å². The zero-order valence-electron chi connectivity index (χ0n) is 29.4. The molecule has 1 amide bonds. The molecule has 0 radical (unpaired) electrons. The summed E-state index contributed by atoms with van der Waals surface area (Å²) in [6.07, 6.45) is 9.41. The van der Waals surface area contributed by atoms with Gasteiger partial charge in [-0.15, -0.1) is 0 Å². The number of carbonyl (C=O) groups excluding carboxylic acids is 1. The molecule has 0 aromatic heterocycles. The zero-order chi connectivity index (χ0) is 34.0. The number of anilines is 1. The Labute approximate surface area is 276 Å². The standard InChI is InChI=1S/C39H55F2N3O2/c1-10-27(2)11-12-28(3)23-29(4)43(9)31(6)30(5)38(45)42-25-32-13-18-36(37(40)24-32)33-19-21-44(22-20-33)34-14-16-35(17-15-34)46-26-39(7,8)41/h11-18,23-24,27,29,33H,10,19-22,25-26H2,1-9H3,(H,42,45)/b12-11-,28-23-,31-30+. The van der Waals surface area contributed by atoms with Gasteiger partial charge in [0, 0.05) is 49.7 Å². The number of likely N-dealkylation sites (N-methyl/N-ethyl adjacent to an activating group) is 1. The number of hydrogen-bond acceptors (Lipinski definition) is 4. The molecule has 1 heterocycles. The molecule has 2 aromatic rings. The second kappa shape index (κ2) is 16.8. The van der Waals surface area contributed by atoms with Crippen molar-refractivity contribution in [3.8, 4) is 5.75 Å². The first-order chi connectivity index (χ1) is 21.7. The van der Waals surface area contributed by atoms with E-state index in [4.69, 9.17) is 4.74 Å². The number of ether oxygens (including phenoxy) is 1. The summed E-state index contributed by atoms with van der Waals surface area (Å²) in [4.78, 5) is 17.4. The van der Waals surface area contributed by atoms with Gasteiger partial charge in [-0.1, -0.05) is 56.2 Å². The highest BCUT2D eigenvalue weighted by Crippen LogP contribution is 2.33. The van der Waals surface area contributed by atoms with E-state index in [1.807, 2.05) is 57.3 Å². The van der Waals surface area contributed by atoms with E-state index in [0.717, 1.165) is 54.9 Å². The molecular weight excluding hydrogens is 580 g/mol. The molecule has 1 saturated heterocycles. The predicted molar refractivity (Wildman–Crippen MR) is 188 cm³/mol. The van der Waals surface area contributed by atoms with Crippen molar-refractivity contribution in [1.29, 1.82) is 0 Å². The average molecular weight is 636 g/mol. The van der Waals surface area contributed by atoms with E-state index in [-0.39, 0.29) is 36.8 Å². The molecular formula is C39H55F2N3O2. The van der Waals surface area contributed by atoms with Crippen molar-refractivity contribution in [2.24, 2.45) is 5.92 Å². The molecule has 1 aliphatic heterocycles. The third kappa shape index (κ3) is 11.0. The third-order valence-electron chi connectivity index (χ3n) is 9.10. The van der Waals surface area contributed by atoms with Gasteiger partial charge >= 0.3 is 0 Å². The largest absolute Gasteiger partial charge is 0.490 e.